The van der Waals surface area contributed by atoms with Gasteiger partial charge in [0.05, 0.1) is 0 Å². The SMILES string of the molecule is CCC[C@@H](NC(=O)CCC(N)c1ccccc1)C(=O)O. The van der Waals surface area contributed by atoms with Crippen LogP contribution >= 0.6 is 0 Å². The summed E-state index contributed by atoms with van der Waals surface area (Å²) < 4.78 is 0. The Kier molecular flexibility index (Phi) is 6.73. The first-order valence-electron chi connectivity index (χ1n) is 6.87. The van der Waals surface area contributed by atoms with Crippen LogP contribution in [0.5, 0.6) is 0 Å². The van der Waals surface area contributed by atoms with Gasteiger partial charge < -0.3 is 16.2 Å². The summed E-state index contributed by atoms with van der Waals surface area (Å²) in [4.78, 5) is 22.7. The van der Waals surface area contributed by atoms with Gasteiger partial charge in [0.15, 0.2) is 0 Å². The third kappa shape index (κ3) is 5.40. The van der Waals surface area contributed by atoms with Crippen LogP contribution in [0.4, 0.5) is 0 Å². The zero-order chi connectivity index (χ0) is 15.0. The summed E-state index contributed by atoms with van der Waals surface area (Å²) in [6, 6.07) is 8.52. The van der Waals surface area contributed by atoms with Gasteiger partial charge in [-0.05, 0) is 18.4 Å². The fourth-order valence-electron chi connectivity index (χ4n) is 1.97. The molecule has 5 nitrogen and oxygen atoms in total. The number of carboxylic acid groups (broad SMARTS) is 1. The van der Waals surface area contributed by atoms with Crippen LogP contribution in [0.3, 0.4) is 0 Å². The van der Waals surface area contributed by atoms with Gasteiger partial charge in [0.25, 0.3) is 0 Å². The lowest BCUT2D eigenvalue weighted by Crippen LogP contribution is -2.40. The molecule has 0 saturated heterocycles. The molecule has 2 atom stereocenters. The normalized spacial score (nSPS) is 13.5. The van der Waals surface area contributed by atoms with E-state index < -0.39 is 12.0 Å². The van der Waals surface area contributed by atoms with Crippen molar-refractivity contribution in [2.45, 2.75) is 44.7 Å². The number of hydrogen-bond acceptors (Lipinski definition) is 3. The van der Waals surface area contributed by atoms with Gasteiger partial charge in [0.2, 0.25) is 5.91 Å². The molecule has 1 aromatic carbocycles. The van der Waals surface area contributed by atoms with Crippen LogP contribution in [0.2, 0.25) is 0 Å². The van der Waals surface area contributed by atoms with E-state index in [2.05, 4.69) is 5.32 Å². The van der Waals surface area contributed by atoms with E-state index in [1.165, 1.54) is 0 Å². The minimum absolute atomic E-state index is 0.212. The van der Waals surface area contributed by atoms with Crippen LogP contribution in [0.25, 0.3) is 0 Å². The predicted molar refractivity (Wildman–Crippen MR) is 77.1 cm³/mol. The highest BCUT2D eigenvalue weighted by atomic mass is 16.4. The van der Waals surface area contributed by atoms with Gasteiger partial charge >= 0.3 is 5.97 Å². The van der Waals surface area contributed by atoms with E-state index in [-0.39, 0.29) is 18.4 Å². The topological polar surface area (TPSA) is 92.4 Å². The number of carbonyl (C=O) groups is 2. The number of benzene rings is 1. The lowest BCUT2D eigenvalue weighted by molar-refractivity contribution is -0.142. The molecule has 0 aliphatic carbocycles. The van der Waals surface area contributed by atoms with Gasteiger partial charge in [-0.3, -0.25) is 4.79 Å². The molecule has 0 saturated carbocycles. The molecular weight excluding hydrogens is 256 g/mol. The number of nitrogens with two attached hydrogens (primary N) is 1. The van der Waals surface area contributed by atoms with Crippen LogP contribution in [-0.4, -0.2) is 23.0 Å². The number of aliphatic carboxylic acids is 1. The van der Waals surface area contributed by atoms with Gasteiger partial charge in [0.1, 0.15) is 6.04 Å². The maximum Gasteiger partial charge on any atom is 0.326 e. The average Bonchev–Trinajstić information content (AvgIpc) is 2.45. The average molecular weight is 278 g/mol. The molecule has 0 radical (unpaired) electrons. The molecule has 5 heteroatoms. The quantitative estimate of drug-likeness (QED) is 0.676. The minimum Gasteiger partial charge on any atom is -0.480 e. The second-order valence-electron chi connectivity index (χ2n) is 4.80. The maximum absolute atomic E-state index is 11.7. The third-order valence-electron chi connectivity index (χ3n) is 3.12. The minimum atomic E-state index is -0.993. The van der Waals surface area contributed by atoms with Crippen molar-refractivity contribution < 1.29 is 14.7 Å². The van der Waals surface area contributed by atoms with Crippen LogP contribution in [-0.2, 0) is 9.59 Å². The van der Waals surface area contributed by atoms with E-state index in [9.17, 15) is 9.59 Å². The van der Waals surface area contributed by atoms with Crippen molar-refractivity contribution in [2.24, 2.45) is 5.73 Å². The van der Waals surface area contributed by atoms with Gasteiger partial charge in [-0.25, -0.2) is 4.79 Å². The van der Waals surface area contributed by atoms with Crippen molar-refractivity contribution in [3.05, 3.63) is 35.9 Å². The van der Waals surface area contributed by atoms with Crippen LogP contribution in [0.1, 0.15) is 44.2 Å². The number of hydrogen-bond donors (Lipinski definition) is 3. The molecule has 4 N–H and O–H groups in total. The zero-order valence-electron chi connectivity index (χ0n) is 11.7. The van der Waals surface area contributed by atoms with E-state index in [1.807, 2.05) is 37.3 Å². The van der Waals surface area contributed by atoms with Gasteiger partial charge in [0, 0.05) is 12.5 Å². The highest BCUT2D eigenvalue weighted by Gasteiger charge is 2.19. The molecule has 1 aromatic rings. The first-order valence-corrected chi connectivity index (χ1v) is 6.87. The highest BCUT2D eigenvalue weighted by Crippen LogP contribution is 2.15. The lowest BCUT2D eigenvalue weighted by Gasteiger charge is -2.15. The molecule has 1 rings (SSSR count). The fourth-order valence-corrected chi connectivity index (χ4v) is 1.97. The number of nitrogens with one attached hydrogen (secondary N) is 1. The Morgan fingerprint density at radius 2 is 1.90 bits per heavy atom. The van der Waals surface area contributed by atoms with E-state index in [0.29, 0.717) is 19.3 Å². The number of carbonyl (C=O) groups excluding carboxylic acids is 1. The van der Waals surface area contributed by atoms with Crippen LogP contribution in [0.15, 0.2) is 30.3 Å². The summed E-state index contributed by atoms with van der Waals surface area (Å²) in [6.07, 6.45) is 1.87. The molecule has 110 valence electrons. The number of carboxylic acids is 1. The molecule has 0 fully saturated rings. The molecule has 0 bridgehead atoms. The number of rotatable bonds is 8. The highest BCUT2D eigenvalue weighted by molar-refractivity contribution is 5.83. The zero-order valence-corrected chi connectivity index (χ0v) is 11.7. The second-order valence-corrected chi connectivity index (χ2v) is 4.80. The van der Waals surface area contributed by atoms with E-state index in [1.54, 1.807) is 0 Å². The fraction of sp³-hybridized carbons (Fsp3) is 0.467. The van der Waals surface area contributed by atoms with Gasteiger partial charge in [-0.1, -0.05) is 43.7 Å². The summed E-state index contributed by atoms with van der Waals surface area (Å²) in [7, 11) is 0. The standard InChI is InChI=1S/C15H22N2O3/c1-2-6-13(15(19)20)17-14(18)10-9-12(16)11-7-4-3-5-8-11/h3-5,7-8,12-13H,2,6,9-10,16H2,1H3,(H,17,18)(H,19,20)/t12?,13-/m1/s1. The van der Waals surface area contributed by atoms with Gasteiger partial charge in [-0.2, -0.15) is 0 Å². The van der Waals surface area contributed by atoms with Crippen molar-refractivity contribution in [3.8, 4) is 0 Å². The molecule has 0 spiro atoms. The molecule has 0 heterocycles. The summed E-state index contributed by atoms with van der Waals surface area (Å²) in [5.41, 5.74) is 6.97. The van der Waals surface area contributed by atoms with Crippen molar-refractivity contribution in [3.63, 3.8) is 0 Å². The second kappa shape index (κ2) is 8.32. The van der Waals surface area contributed by atoms with Crippen molar-refractivity contribution in [1.82, 2.24) is 5.32 Å². The Morgan fingerprint density at radius 3 is 2.45 bits per heavy atom. The molecule has 1 unspecified atom stereocenters. The smallest absolute Gasteiger partial charge is 0.326 e. The van der Waals surface area contributed by atoms with E-state index in [4.69, 9.17) is 10.8 Å². The Balaban J connectivity index is 2.41. The van der Waals surface area contributed by atoms with Crippen LogP contribution < -0.4 is 11.1 Å². The summed E-state index contributed by atoms with van der Waals surface area (Å²) >= 11 is 0. The summed E-state index contributed by atoms with van der Waals surface area (Å²) in [5, 5.41) is 11.5. The predicted octanol–water partition coefficient (Wildman–Crippen LogP) is 1.84. The Bertz CT molecular complexity index is 434. The first-order chi connectivity index (χ1) is 9.54. The van der Waals surface area contributed by atoms with Crippen LogP contribution in [0, 0.1) is 0 Å². The Hall–Kier alpha value is -1.88. The van der Waals surface area contributed by atoms with E-state index >= 15 is 0 Å². The van der Waals surface area contributed by atoms with Crippen molar-refractivity contribution >= 4 is 11.9 Å². The molecule has 1 amide bonds. The lowest BCUT2D eigenvalue weighted by atomic mass is 10.0. The first kappa shape index (κ1) is 16.2. The molecule has 0 aliphatic rings. The monoisotopic (exact) mass is 278 g/mol. The van der Waals surface area contributed by atoms with Crippen molar-refractivity contribution in [2.75, 3.05) is 0 Å². The van der Waals surface area contributed by atoms with Crippen molar-refractivity contribution in [1.29, 1.82) is 0 Å². The van der Waals surface area contributed by atoms with E-state index in [0.717, 1.165) is 5.56 Å². The summed E-state index contributed by atoms with van der Waals surface area (Å²) in [5.74, 6) is -1.26. The molecule has 0 aromatic heterocycles. The third-order valence-corrected chi connectivity index (χ3v) is 3.12. The molecule has 20 heavy (non-hydrogen) atoms. The molecule has 0 aliphatic heterocycles. The summed E-state index contributed by atoms with van der Waals surface area (Å²) in [6.45, 7) is 1.88. The Labute approximate surface area is 119 Å². The maximum atomic E-state index is 11.7. The Morgan fingerprint density at radius 1 is 1.25 bits per heavy atom. The molecular formula is C15H22N2O3. The number of amides is 1. The largest absolute Gasteiger partial charge is 0.480 e. The van der Waals surface area contributed by atoms with Gasteiger partial charge in [-0.15, -0.1) is 0 Å².